The summed E-state index contributed by atoms with van der Waals surface area (Å²) in [6.07, 6.45) is -4.84. The monoisotopic (exact) mass is 309 g/mol. The third-order valence-corrected chi connectivity index (χ3v) is 2.51. The molecule has 1 aromatic carbocycles. The van der Waals surface area contributed by atoms with E-state index < -0.39 is 29.0 Å². The highest BCUT2D eigenvalue weighted by molar-refractivity contribution is 5.94. The Labute approximate surface area is 119 Å². The van der Waals surface area contributed by atoms with Gasteiger partial charge in [-0.25, -0.2) is 4.39 Å². The van der Waals surface area contributed by atoms with Gasteiger partial charge in [-0.2, -0.15) is 13.2 Å². The van der Waals surface area contributed by atoms with E-state index in [0.29, 0.717) is 19.3 Å². The number of alkyl halides is 3. The molecule has 0 heterocycles. The van der Waals surface area contributed by atoms with Crippen LogP contribution in [0, 0.1) is 5.82 Å². The minimum Gasteiger partial charge on any atom is -0.382 e. The number of benzene rings is 1. The van der Waals surface area contributed by atoms with E-state index in [1.165, 1.54) is 7.11 Å². The minimum absolute atomic E-state index is 0.0538. The topological polar surface area (TPSA) is 47.6 Å². The molecule has 0 unspecified atom stereocenters. The van der Waals surface area contributed by atoms with Crippen molar-refractivity contribution in [2.45, 2.75) is 6.18 Å². The first kappa shape index (κ1) is 17.4. The fraction of sp³-hybridized carbons (Fsp3) is 0.462. The van der Waals surface area contributed by atoms with Crippen molar-refractivity contribution in [3.8, 4) is 0 Å². The molecule has 0 saturated carbocycles. The number of ether oxygens (including phenoxy) is 2. The van der Waals surface area contributed by atoms with Gasteiger partial charge in [0.15, 0.2) is 0 Å². The zero-order chi connectivity index (χ0) is 15.9. The molecule has 0 bridgehead atoms. The average Bonchev–Trinajstić information content (AvgIpc) is 2.41. The highest BCUT2D eigenvalue weighted by atomic mass is 19.4. The smallest absolute Gasteiger partial charge is 0.382 e. The van der Waals surface area contributed by atoms with E-state index in [0.717, 1.165) is 12.1 Å². The van der Waals surface area contributed by atoms with Crippen LogP contribution in [0.2, 0.25) is 0 Å². The number of carbonyl (C=O) groups is 1. The molecule has 21 heavy (non-hydrogen) atoms. The summed E-state index contributed by atoms with van der Waals surface area (Å²) >= 11 is 0. The Morgan fingerprint density at radius 3 is 2.57 bits per heavy atom. The van der Waals surface area contributed by atoms with Crippen molar-refractivity contribution in [2.24, 2.45) is 0 Å². The molecule has 118 valence electrons. The number of nitrogens with one attached hydrogen (secondary N) is 1. The Bertz CT molecular complexity index is 477. The molecular weight excluding hydrogens is 294 g/mol. The summed E-state index contributed by atoms with van der Waals surface area (Å²) in [6, 6.07) is 2.56. The molecule has 8 heteroatoms. The largest absolute Gasteiger partial charge is 0.419 e. The molecule has 1 aromatic rings. The number of halogens is 4. The van der Waals surface area contributed by atoms with Crippen LogP contribution >= 0.6 is 0 Å². The van der Waals surface area contributed by atoms with Gasteiger partial charge in [0.05, 0.1) is 30.9 Å². The van der Waals surface area contributed by atoms with Crippen LogP contribution in [0.1, 0.15) is 15.9 Å². The van der Waals surface area contributed by atoms with Crippen LogP contribution in [0.3, 0.4) is 0 Å². The Kier molecular flexibility index (Phi) is 6.57. The van der Waals surface area contributed by atoms with E-state index in [-0.39, 0.29) is 13.2 Å². The number of methoxy groups -OCH3 is 1. The molecule has 0 saturated heterocycles. The van der Waals surface area contributed by atoms with Crippen molar-refractivity contribution < 1.29 is 31.8 Å². The first-order valence-corrected chi connectivity index (χ1v) is 6.08. The number of hydrogen-bond acceptors (Lipinski definition) is 3. The van der Waals surface area contributed by atoms with Gasteiger partial charge in [0.1, 0.15) is 5.82 Å². The molecule has 1 rings (SSSR count). The molecule has 1 N–H and O–H groups in total. The Morgan fingerprint density at radius 1 is 1.24 bits per heavy atom. The lowest BCUT2D eigenvalue weighted by Gasteiger charge is -2.11. The predicted octanol–water partition coefficient (Wildman–Crippen LogP) is 2.24. The van der Waals surface area contributed by atoms with E-state index in [4.69, 9.17) is 9.47 Å². The fourth-order valence-corrected chi connectivity index (χ4v) is 1.50. The summed E-state index contributed by atoms with van der Waals surface area (Å²) in [4.78, 5) is 11.6. The highest BCUT2D eigenvalue weighted by Gasteiger charge is 2.35. The molecule has 0 aliphatic carbocycles. The van der Waals surface area contributed by atoms with Gasteiger partial charge >= 0.3 is 6.18 Å². The Morgan fingerprint density at radius 2 is 1.95 bits per heavy atom. The van der Waals surface area contributed by atoms with Crippen LogP contribution in [0.5, 0.6) is 0 Å². The van der Waals surface area contributed by atoms with Crippen molar-refractivity contribution in [1.29, 1.82) is 0 Å². The van der Waals surface area contributed by atoms with Gasteiger partial charge in [0, 0.05) is 13.7 Å². The first-order valence-electron chi connectivity index (χ1n) is 6.08. The van der Waals surface area contributed by atoms with Crippen LogP contribution in [0.25, 0.3) is 0 Å². The molecule has 4 nitrogen and oxygen atoms in total. The SMILES string of the molecule is COCCOCCNC(=O)c1cccc(C(F)(F)F)c1F. The van der Waals surface area contributed by atoms with Gasteiger partial charge in [-0.3, -0.25) is 4.79 Å². The van der Waals surface area contributed by atoms with Crippen LogP contribution in [-0.4, -0.2) is 39.4 Å². The lowest BCUT2D eigenvalue weighted by Crippen LogP contribution is -2.29. The van der Waals surface area contributed by atoms with Gasteiger partial charge in [-0.1, -0.05) is 6.07 Å². The molecule has 0 spiro atoms. The maximum absolute atomic E-state index is 13.7. The summed E-state index contributed by atoms with van der Waals surface area (Å²) in [5, 5.41) is 2.28. The van der Waals surface area contributed by atoms with E-state index in [2.05, 4.69) is 5.32 Å². The average molecular weight is 309 g/mol. The van der Waals surface area contributed by atoms with Crippen LogP contribution in [0.15, 0.2) is 18.2 Å². The first-order chi connectivity index (χ1) is 9.88. The quantitative estimate of drug-likeness (QED) is 0.621. The van der Waals surface area contributed by atoms with Gasteiger partial charge in [0.2, 0.25) is 0 Å². The van der Waals surface area contributed by atoms with Crippen molar-refractivity contribution in [3.05, 3.63) is 35.1 Å². The van der Waals surface area contributed by atoms with Crippen molar-refractivity contribution in [1.82, 2.24) is 5.32 Å². The standard InChI is InChI=1S/C13H15F4NO3/c1-20-7-8-21-6-5-18-12(19)9-3-2-4-10(11(9)14)13(15,16)17/h2-4H,5-8H2,1H3,(H,18,19). The van der Waals surface area contributed by atoms with Crippen LogP contribution in [-0.2, 0) is 15.7 Å². The maximum Gasteiger partial charge on any atom is 0.419 e. The molecular formula is C13H15F4NO3. The highest BCUT2D eigenvalue weighted by Crippen LogP contribution is 2.32. The summed E-state index contributed by atoms with van der Waals surface area (Å²) < 4.78 is 61.0. The predicted molar refractivity (Wildman–Crippen MR) is 66.4 cm³/mol. The molecule has 0 fully saturated rings. The number of hydrogen-bond donors (Lipinski definition) is 1. The summed E-state index contributed by atoms with van der Waals surface area (Å²) in [6.45, 7) is 0.911. The lowest BCUT2D eigenvalue weighted by atomic mass is 10.1. The molecule has 1 amide bonds. The molecule has 0 radical (unpaired) electrons. The third kappa shape index (κ3) is 5.31. The van der Waals surface area contributed by atoms with Crippen LogP contribution in [0.4, 0.5) is 17.6 Å². The van der Waals surface area contributed by atoms with E-state index in [9.17, 15) is 22.4 Å². The van der Waals surface area contributed by atoms with Gasteiger partial charge in [0.25, 0.3) is 5.91 Å². The van der Waals surface area contributed by atoms with E-state index >= 15 is 0 Å². The van der Waals surface area contributed by atoms with Crippen molar-refractivity contribution in [3.63, 3.8) is 0 Å². The fourth-order valence-electron chi connectivity index (χ4n) is 1.50. The van der Waals surface area contributed by atoms with Crippen molar-refractivity contribution in [2.75, 3.05) is 33.5 Å². The van der Waals surface area contributed by atoms with Gasteiger partial charge in [-0.15, -0.1) is 0 Å². The lowest BCUT2D eigenvalue weighted by molar-refractivity contribution is -0.140. The van der Waals surface area contributed by atoms with Gasteiger partial charge < -0.3 is 14.8 Å². The maximum atomic E-state index is 13.7. The Hall–Kier alpha value is -1.67. The zero-order valence-electron chi connectivity index (χ0n) is 11.3. The molecule has 0 aromatic heterocycles. The molecule has 0 aliphatic rings. The summed E-state index contributed by atoms with van der Waals surface area (Å²) in [5.41, 5.74) is -2.12. The van der Waals surface area contributed by atoms with Crippen LogP contribution < -0.4 is 5.32 Å². The minimum atomic E-state index is -4.84. The zero-order valence-corrected chi connectivity index (χ0v) is 11.3. The number of amides is 1. The van der Waals surface area contributed by atoms with E-state index in [1.54, 1.807) is 0 Å². The van der Waals surface area contributed by atoms with E-state index in [1.807, 2.05) is 0 Å². The Balaban J connectivity index is 2.59. The third-order valence-electron chi connectivity index (χ3n) is 2.51. The molecule has 0 atom stereocenters. The number of carbonyl (C=O) groups excluding carboxylic acids is 1. The normalized spacial score (nSPS) is 11.5. The second kappa shape index (κ2) is 7.94. The second-order valence-corrected chi connectivity index (χ2v) is 4.03. The van der Waals surface area contributed by atoms with Gasteiger partial charge in [-0.05, 0) is 12.1 Å². The second-order valence-electron chi connectivity index (χ2n) is 4.03. The molecule has 0 aliphatic heterocycles. The summed E-state index contributed by atoms with van der Waals surface area (Å²) in [7, 11) is 1.50. The van der Waals surface area contributed by atoms with Crippen molar-refractivity contribution >= 4 is 5.91 Å². The number of rotatable bonds is 7. The summed E-state index contributed by atoms with van der Waals surface area (Å²) in [5.74, 6) is -2.50.